The van der Waals surface area contributed by atoms with E-state index < -0.39 is 0 Å². The van der Waals surface area contributed by atoms with E-state index in [0.717, 1.165) is 5.69 Å². The van der Waals surface area contributed by atoms with Gasteiger partial charge in [0, 0.05) is 12.1 Å². The second-order valence-electron chi connectivity index (χ2n) is 5.54. The number of ketones is 1. The number of benzene rings is 1. The molecule has 128 valence electrons. The highest BCUT2D eigenvalue weighted by atomic mass is 35.5. The lowest BCUT2D eigenvalue weighted by Crippen LogP contribution is -2.03. The minimum atomic E-state index is -0.126. The van der Waals surface area contributed by atoms with E-state index in [9.17, 15) is 4.79 Å². The Kier molecular flexibility index (Phi) is 5.05. The molecule has 0 saturated carbocycles. The van der Waals surface area contributed by atoms with Gasteiger partial charge in [-0.1, -0.05) is 11.6 Å². The lowest BCUT2D eigenvalue weighted by atomic mass is 10.2. The summed E-state index contributed by atoms with van der Waals surface area (Å²) in [6.45, 7) is 2.14. The summed E-state index contributed by atoms with van der Waals surface area (Å²) in [4.78, 5) is 12.2. The smallest absolute Gasteiger partial charge is 0.203 e. The van der Waals surface area contributed by atoms with Crippen LogP contribution in [0.4, 0.5) is 0 Å². The molecule has 0 N–H and O–H groups in total. The fourth-order valence-electron chi connectivity index (χ4n) is 2.33. The van der Waals surface area contributed by atoms with Gasteiger partial charge in [-0.05, 0) is 61.5 Å². The quantitative estimate of drug-likeness (QED) is 0.483. The third-order valence-corrected chi connectivity index (χ3v) is 3.78. The number of hydrogen-bond donors (Lipinski definition) is 0. The molecule has 1 aromatic carbocycles. The molecule has 0 spiro atoms. The monoisotopic (exact) mass is 356 g/mol. The van der Waals surface area contributed by atoms with Gasteiger partial charge in [0.05, 0.1) is 5.69 Å². The Morgan fingerprint density at radius 3 is 2.72 bits per heavy atom. The van der Waals surface area contributed by atoms with Crippen LogP contribution in [0.5, 0.6) is 5.75 Å². The molecular formula is C19H17ClN2O3. The Morgan fingerprint density at radius 2 is 2.04 bits per heavy atom. The van der Waals surface area contributed by atoms with Crippen LogP contribution in [0.3, 0.4) is 0 Å². The molecule has 25 heavy (non-hydrogen) atoms. The zero-order chi connectivity index (χ0) is 17.8. The number of nitrogens with zero attached hydrogens (tertiary/aromatic N) is 2. The standard InChI is InChI=1S/C19H17ClN2O3/c1-13-11-18(22(2)21-13)19(23)10-9-16-7-8-17(25-16)12-24-15-5-3-14(20)4-6-15/h3-11H,12H2,1-2H3/b10-9-. The molecule has 0 fully saturated rings. The van der Waals surface area contributed by atoms with Crippen LogP contribution in [-0.4, -0.2) is 15.6 Å². The van der Waals surface area contributed by atoms with E-state index in [1.54, 1.807) is 54.2 Å². The van der Waals surface area contributed by atoms with Crippen molar-refractivity contribution in [1.82, 2.24) is 9.78 Å². The highest BCUT2D eigenvalue weighted by molar-refractivity contribution is 6.30. The number of allylic oxidation sites excluding steroid dienone is 1. The Morgan fingerprint density at radius 1 is 1.28 bits per heavy atom. The number of aromatic nitrogens is 2. The molecule has 0 atom stereocenters. The first-order chi connectivity index (χ1) is 12.0. The van der Waals surface area contributed by atoms with Crippen molar-refractivity contribution < 1.29 is 13.9 Å². The van der Waals surface area contributed by atoms with Crippen molar-refractivity contribution in [3.8, 4) is 5.75 Å². The summed E-state index contributed by atoms with van der Waals surface area (Å²) in [5.41, 5.74) is 1.34. The summed E-state index contributed by atoms with van der Waals surface area (Å²) in [7, 11) is 1.74. The van der Waals surface area contributed by atoms with Crippen molar-refractivity contribution in [3.63, 3.8) is 0 Å². The first-order valence-electron chi connectivity index (χ1n) is 7.71. The van der Waals surface area contributed by atoms with Gasteiger partial charge in [-0.3, -0.25) is 9.48 Å². The lowest BCUT2D eigenvalue weighted by molar-refractivity contribution is 0.103. The van der Waals surface area contributed by atoms with E-state index in [-0.39, 0.29) is 5.78 Å². The molecule has 2 aromatic heterocycles. The fraction of sp³-hybridized carbons (Fsp3) is 0.158. The molecule has 3 rings (SSSR count). The molecule has 0 radical (unpaired) electrons. The zero-order valence-corrected chi connectivity index (χ0v) is 14.7. The minimum absolute atomic E-state index is 0.126. The second kappa shape index (κ2) is 7.40. The van der Waals surface area contributed by atoms with Crippen LogP contribution in [-0.2, 0) is 13.7 Å². The predicted molar refractivity (Wildman–Crippen MR) is 95.8 cm³/mol. The van der Waals surface area contributed by atoms with E-state index in [1.165, 1.54) is 6.08 Å². The van der Waals surface area contributed by atoms with Crippen LogP contribution < -0.4 is 4.74 Å². The van der Waals surface area contributed by atoms with E-state index in [1.807, 2.05) is 13.0 Å². The summed E-state index contributed by atoms with van der Waals surface area (Å²) >= 11 is 5.83. The predicted octanol–water partition coefficient (Wildman–Crippen LogP) is 4.45. The summed E-state index contributed by atoms with van der Waals surface area (Å²) in [5.74, 6) is 1.83. The van der Waals surface area contributed by atoms with Crippen molar-refractivity contribution in [3.05, 3.63) is 76.5 Å². The summed E-state index contributed by atoms with van der Waals surface area (Å²) in [5, 5.41) is 4.82. The zero-order valence-electron chi connectivity index (χ0n) is 13.9. The number of carbonyl (C=O) groups excluding carboxylic acids is 1. The van der Waals surface area contributed by atoms with Crippen LogP contribution in [0.1, 0.15) is 27.7 Å². The fourth-order valence-corrected chi connectivity index (χ4v) is 2.46. The number of halogens is 1. The average molecular weight is 357 g/mol. The lowest BCUT2D eigenvalue weighted by Gasteiger charge is -2.03. The van der Waals surface area contributed by atoms with Crippen LogP contribution in [0, 0.1) is 6.92 Å². The van der Waals surface area contributed by atoms with Crippen molar-refractivity contribution in [2.75, 3.05) is 0 Å². The van der Waals surface area contributed by atoms with E-state index in [2.05, 4.69) is 5.10 Å². The van der Waals surface area contributed by atoms with Crippen molar-refractivity contribution in [1.29, 1.82) is 0 Å². The third-order valence-electron chi connectivity index (χ3n) is 3.53. The molecule has 0 saturated heterocycles. The molecule has 2 heterocycles. The second-order valence-corrected chi connectivity index (χ2v) is 5.98. The molecular weight excluding hydrogens is 340 g/mol. The maximum Gasteiger partial charge on any atom is 0.203 e. The Bertz CT molecular complexity index is 907. The molecule has 0 bridgehead atoms. The van der Waals surface area contributed by atoms with Crippen molar-refractivity contribution in [2.45, 2.75) is 13.5 Å². The largest absolute Gasteiger partial charge is 0.486 e. The average Bonchev–Trinajstić information content (AvgIpc) is 3.18. The Balaban J connectivity index is 1.60. The number of aryl methyl sites for hydroxylation is 2. The van der Waals surface area contributed by atoms with Crippen molar-refractivity contribution in [2.24, 2.45) is 7.05 Å². The molecule has 5 nitrogen and oxygen atoms in total. The number of carbonyl (C=O) groups is 1. The molecule has 0 unspecified atom stereocenters. The Labute approximate surface area is 150 Å². The molecule has 6 heteroatoms. The molecule has 0 aliphatic rings. The van der Waals surface area contributed by atoms with Crippen molar-refractivity contribution >= 4 is 23.5 Å². The Hall–Kier alpha value is -2.79. The normalized spacial score (nSPS) is 11.2. The summed E-state index contributed by atoms with van der Waals surface area (Å²) in [6.07, 6.45) is 3.11. The number of furan rings is 1. The highest BCUT2D eigenvalue weighted by Gasteiger charge is 2.09. The minimum Gasteiger partial charge on any atom is -0.486 e. The first kappa shape index (κ1) is 17.0. The number of ether oxygens (including phenoxy) is 1. The van der Waals surface area contributed by atoms with E-state index in [0.29, 0.717) is 34.6 Å². The van der Waals surface area contributed by atoms with E-state index >= 15 is 0 Å². The van der Waals surface area contributed by atoms with Gasteiger partial charge in [0.25, 0.3) is 0 Å². The summed E-state index contributed by atoms with van der Waals surface area (Å²) < 4.78 is 12.8. The molecule has 0 amide bonds. The topological polar surface area (TPSA) is 57.3 Å². The van der Waals surface area contributed by atoms with Crippen LogP contribution in [0.15, 0.2) is 53.0 Å². The maximum atomic E-state index is 12.2. The maximum absolute atomic E-state index is 12.2. The molecule has 3 aromatic rings. The van der Waals surface area contributed by atoms with Gasteiger partial charge in [-0.2, -0.15) is 5.10 Å². The van der Waals surface area contributed by atoms with Gasteiger partial charge in [0.2, 0.25) is 5.78 Å². The van der Waals surface area contributed by atoms with Gasteiger partial charge in [0.15, 0.2) is 0 Å². The first-order valence-corrected chi connectivity index (χ1v) is 8.09. The third kappa shape index (κ3) is 4.39. The van der Waals surface area contributed by atoms with Gasteiger partial charge >= 0.3 is 0 Å². The van der Waals surface area contributed by atoms with Gasteiger partial charge < -0.3 is 9.15 Å². The van der Waals surface area contributed by atoms with E-state index in [4.69, 9.17) is 20.8 Å². The van der Waals surface area contributed by atoms with Crippen LogP contribution in [0.25, 0.3) is 6.08 Å². The molecule has 0 aliphatic carbocycles. The highest BCUT2D eigenvalue weighted by Crippen LogP contribution is 2.18. The van der Waals surface area contributed by atoms with Gasteiger partial charge in [-0.25, -0.2) is 0 Å². The summed E-state index contributed by atoms with van der Waals surface area (Å²) in [6, 6.07) is 12.5. The SMILES string of the molecule is Cc1cc(C(=O)/C=C\c2ccc(COc3ccc(Cl)cc3)o2)n(C)n1. The van der Waals surface area contributed by atoms with Crippen LogP contribution in [0.2, 0.25) is 5.02 Å². The molecule has 0 aliphatic heterocycles. The number of rotatable bonds is 6. The van der Waals surface area contributed by atoms with Gasteiger partial charge in [-0.15, -0.1) is 0 Å². The number of hydrogen-bond acceptors (Lipinski definition) is 4. The van der Waals surface area contributed by atoms with Crippen LogP contribution >= 0.6 is 11.6 Å². The van der Waals surface area contributed by atoms with Gasteiger partial charge in [0.1, 0.15) is 29.6 Å².